The molecule has 0 bridgehead atoms. The Morgan fingerprint density at radius 2 is 2.14 bits per heavy atom. The summed E-state index contributed by atoms with van der Waals surface area (Å²) in [6.07, 6.45) is 0.0980. The standard InChI is InChI=1S/C9H14O4S/c1-3-13-9(12)7(2)6-14-5-4-8(10)11/h2-6H2,1H3,(H,10,11). The van der Waals surface area contributed by atoms with Crippen LogP contribution in [-0.4, -0.2) is 35.2 Å². The summed E-state index contributed by atoms with van der Waals surface area (Å²) >= 11 is 1.36. The van der Waals surface area contributed by atoms with Gasteiger partial charge in [0.15, 0.2) is 0 Å². The molecule has 0 saturated carbocycles. The van der Waals surface area contributed by atoms with Crippen molar-refractivity contribution in [1.82, 2.24) is 0 Å². The summed E-state index contributed by atoms with van der Waals surface area (Å²) in [4.78, 5) is 21.2. The Balaban J connectivity index is 3.53. The molecule has 1 N–H and O–H groups in total. The zero-order valence-corrected chi connectivity index (χ0v) is 8.93. The van der Waals surface area contributed by atoms with E-state index in [0.29, 0.717) is 23.7 Å². The van der Waals surface area contributed by atoms with Crippen LogP contribution in [0.2, 0.25) is 0 Å². The minimum absolute atomic E-state index is 0.0980. The third-order valence-corrected chi connectivity index (χ3v) is 2.35. The molecule has 0 unspecified atom stereocenters. The summed E-state index contributed by atoms with van der Waals surface area (Å²) in [6.45, 7) is 5.60. The largest absolute Gasteiger partial charge is 0.481 e. The minimum atomic E-state index is -0.834. The molecule has 0 aromatic rings. The lowest BCUT2D eigenvalue weighted by Gasteiger charge is -2.03. The van der Waals surface area contributed by atoms with Crippen LogP contribution in [0.5, 0.6) is 0 Å². The molecule has 0 atom stereocenters. The average Bonchev–Trinajstić information content (AvgIpc) is 2.12. The lowest BCUT2D eigenvalue weighted by molar-refractivity contribution is -0.138. The van der Waals surface area contributed by atoms with Gasteiger partial charge in [0.25, 0.3) is 0 Å². The second-order valence-corrected chi connectivity index (χ2v) is 3.63. The van der Waals surface area contributed by atoms with E-state index in [4.69, 9.17) is 9.84 Å². The molecular weight excluding hydrogens is 204 g/mol. The fourth-order valence-electron chi connectivity index (χ4n) is 0.647. The number of hydrogen-bond acceptors (Lipinski definition) is 4. The number of ether oxygens (including phenoxy) is 1. The summed E-state index contributed by atoms with van der Waals surface area (Å²) in [7, 11) is 0. The van der Waals surface area contributed by atoms with E-state index in [9.17, 15) is 9.59 Å². The van der Waals surface area contributed by atoms with E-state index in [1.54, 1.807) is 6.92 Å². The summed E-state index contributed by atoms with van der Waals surface area (Å²) in [5, 5.41) is 8.34. The van der Waals surface area contributed by atoms with E-state index in [0.717, 1.165) is 0 Å². The third kappa shape index (κ3) is 6.54. The Morgan fingerprint density at radius 1 is 1.50 bits per heavy atom. The SMILES string of the molecule is C=C(CSCCC(=O)O)C(=O)OCC. The van der Waals surface area contributed by atoms with Gasteiger partial charge in [0.05, 0.1) is 13.0 Å². The fourth-order valence-corrected chi connectivity index (χ4v) is 1.47. The number of carbonyl (C=O) groups excluding carboxylic acids is 1. The summed E-state index contributed by atoms with van der Waals surface area (Å²) in [5.41, 5.74) is 0.377. The molecule has 4 nitrogen and oxygen atoms in total. The molecule has 0 fully saturated rings. The van der Waals surface area contributed by atoms with Gasteiger partial charge in [-0.25, -0.2) is 4.79 Å². The van der Waals surface area contributed by atoms with Crippen LogP contribution in [0.3, 0.4) is 0 Å². The maximum atomic E-state index is 11.0. The van der Waals surface area contributed by atoms with E-state index in [1.807, 2.05) is 0 Å². The van der Waals surface area contributed by atoms with Gasteiger partial charge < -0.3 is 9.84 Å². The van der Waals surface area contributed by atoms with Crippen molar-refractivity contribution in [2.24, 2.45) is 0 Å². The summed E-state index contributed by atoms with van der Waals surface area (Å²) < 4.78 is 4.71. The number of carboxylic acid groups (broad SMARTS) is 1. The molecule has 0 amide bonds. The van der Waals surface area contributed by atoms with Crippen LogP contribution in [0, 0.1) is 0 Å². The van der Waals surface area contributed by atoms with Crippen LogP contribution in [-0.2, 0) is 14.3 Å². The Hall–Kier alpha value is -0.970. The minimum Gasteiger partial charge on any atom is -0.481 e. The first kappa shape index (κ1) is 13.0. The highest BCUT2D eigenvalue weighted by atomic mass is 32.2. The fraction of sp³-hybridized carbons (Fsp3) is 0.556. The highest BCUT2D eigenvalue weighted by molar-refractivity contribution is 7.99. The number of hydrogen-bond donors (Lipinski definition) is 1. The first-order valence-corrected chi connectivity index (χ1v) is 5.37. The zero-order valence-electron chi connectivity index (χ0n) is 8.12. The van der Waals surface area contributed by atoms with Gasteiger partial charge in [0.2, 0.25) is 0 Å². The van der Waals surface area contributed by atoms with Gasteiger partial charge in [-0.2, -0.15) is 11.8 Å². The summed E-state index contributed by atoms with van der Waals surface area (Å²) in [5.74, 6) is -0.338. The normalized spacial score (nSPS) is 9.50. The molecule has 5 heteroatoms. The van der Waals surface area contributed by atoms with Crippen molar-refractivity contribution >= 4 is 23.7 Å². The van der Waals surface area contributed by atoms with Gasteiger partial charge in [-0.15, -0.1) is 0 Å². The van der Waals surface area contributed by atoms with Gasteiger partial charge in [-0.1, -0.05) is 6.58 Å². The van der Waals surface area contributed by atoms with Crippen LogP contribution in [0.25, 0.3) is 0 Å². The zero-order chi connectivity index (χ0) is 11.0. The van der Waals surface area contributed by atoms with Crippen LogP contribution < -0.4 is 0 Å². The molecule has 0 saturated heterocycles. The monoisotopic (exact) mass is 218 g/mol. The highest BCUT2D eigenvalue weighted by Gasteiger charge is 2.07. The molecular formula is C9H14O4S. The van der Waals surface area contributed by atoms with Crippen LogP contribution >= 0.6 is 11.8 Å². The van der Waals surface area contributed by atoms with Crippen molar-refractivity contribution in [1.29, 1.82) is 0 Å². The Labute approximate surface area is 87.3 Å². The maximum absolute atomic E-state index is 11.0. The molecule has 14 heavy (non-hydrogen) atoms. The van der Waals surface area contributed by atoms with Gasteiger partial charge in [-0.05, 0) is 6.92 Å². The molecule has 0 rings (SSSR count). The number of esters is 1. The molecule has 0 spiro atoms. The van der Waals surface area contributed by atoms with Gasteiger partial charge in [-0.3, -0.25) is 4.79 Å². The highest BCUT2D eigenvalue weighted by Crippen LogP contribution is 2.09. The smallest absolute Gasteiger partial charge is 0.334 e. The number of carboxylic acids is 1. The van der Waals surface area contributed by atoms with Gasteiger partial charge >= 0.3 is 11.9 Å². The second-order valence-electron chi connectivity index (χ2n) is 2.52. The first-order valence-electron chi connectivity index (χ1n) is 4.22. The summed E-state index contributed by atoms with van der Waals surface area (Å²) in [6, 6.07) is 0. The number of rotatable bonds is 7. The Kier molecular flexibility index (Phi) is 6.92. The van der Waals surface area contributed by atoms with Crippen molar-refractivity contribution in [2.45, 2.75) is 13.3 Å². The number of carbonyl (C=O) groups is 2. The topological polar surface area (TPSA) is 63.6 Å². The third-order valence-electron chi connectivity index (χ3n) is 1.30. The van der Waals surface area contributed by atoms with E-state index < -0.39 is 11.9 Å². The number of thioether (sulfide) groups is 1. The quantitative estimate of drug-likeness (QED) is 0.396. The number of aliphatic carboxylic acids is 1. The van der Waals surface area contributed by atoms with Crippen molar-refractivity contribution in [2.75, 3.05) is 18.1 Å². The van der Waals surface area contributed by atoms with Crippen molar-refractivity contribution in [3.63, 3.8) is 0 Å². The molecule has 0 radical (unpaired) electrons. The molecule has 0 aromatic heterocycles. The Bertz CT molecular complexity index is 225. The van der Waals surface area contributed by atoms with Crippen LogP contribution in [0.1, 0.15) is 13.3 Å². The molecule has 0 aromatic carbocycles. The van der Waals surface area contributed by atoms with E-state index in [-0.39, 0.29) is 6.42 Å². The van der Waals surface area contributed by atoms with Crippen LogP contribution in [0.15, 0.2) is 12.2 Å². The molecule has 0 aliphatic rings. The predicted molar refractivity (Wildman–Crippen MR) is 55.4 cm³/mol. The molecule has 0 aliphatic carbocycles. The predicted octanol–water partition coefficient (Wildman–Crippen LogP) is 1.31. The maximum Gasteiger partial charge on any atom is 0.334 e. The van der Waals surface area contributed by atoms with Gasteiger partial charge in [0, 0.05) is 17.1 Å². The lowest BCUT2D eigenvalue weighted by Crippen LogP contribution is -2.08. The van der Waals surface area contributed by atoms with Gasteiger partial charge in [0.1, 0.15) is 0 Å². The average molecular weight is 218 g/mol. The molecule has 80 valence electrons. The second kappa shape index (κ2) is 7.44. The van der Waals surface area contributed by atoms with Crippen molar-refractivity contribution in [3.05, 3.63) is 12.2 Å². The van der Waals surface area contributed by atoms with E-state index >= 15 is 0 Å². The molecule has 0 aliphatic heterocycles. The first-order chi connectivity index (χ1) is 6.57. The lowest BCUT2D eigenvalue weighted by atomic mass is 10.4. The molecule has 0 heterocycles. The van der Waals surface area contributed by atoms with Crippen molar-refractivity contribution in [3.8, 4) is 0 Å². The van der Waals surface area contributed by atoms with Crippen molar-refractivity contribution < 1.29 is 19.4 Å². The van der Waals surface area contributed by atoms with Crippen LogP contribution in [0.4, 0.5) is 0 Å². The Morgan fingerprint density at radius 3 is 2.64 bits per heavy atom. The van der Waals surface area contributed by atoms with E-state index in [2.05, 4.69) is 6.58 Å². The van der Waals surface area contributed by atoms with E-state index in [1.165, 1.54) is 11.8 Å².